The molecule has 1 fully saturated rings. The smallest absolute Gasteiger partial charge is 0.311 e. The van der Waals surface area contributed by atoms with Crippen LogP contribution in [0.4, 0.5) is 0 Å². The van der Waals surface area contributed by atoms with Gasteiger partial charge in [-0.15, -0.1) is 0 Å². The van der Waals surface area contributed by atoms with E-state index in [1.54, 1.807) is 0 Å². The second-order valence-corrected chi connectivity index (χ2v) is 7.29. The number of nitrogens with zero attached hydrogens (tertiary/aromatic N) is 1. The molecule has 6 heteroatoms. The normalized spacial score (nSPS) is 22.7. The van der Waals surface area contributed by atoms with E-state index in [9.17, 15) is 9.90 Å². The molecule has 1 aliphatic carbocycles. The van der Waals surface area contributed by atoms with Gasteiger partial charge in [-0.05, 0) is 31.1 Å². The lowest BCUT2D eigenvalue weighted by atomic mass is 9.87. The van der Waals surface area contributed by atoms with E-state index >= 15 is 0 Å². The minimum absolute atomic E-state index is 0.0698. The maximum Gasteiger partial charge on any atom is 0.311 e. The number of carbonyl (C=O) groups excluding carboxylic acids is 1. The summed E-state index contributed by atoms with van der Waals surface area (Å²) in [5.41, 5.74) is 2.80. The number of allylic oxidation sites excluding steroid dienone is 3. The zero-order valence-corrected chi connectivity index (χ0v) is 14.7. The topological polar surface area (TPSA) is 77.3 Å². The monoisotopic (exact) mass is 353 g/mol. The number of fused-ring (bicyclic) bond motifs is 1. The molecular formula is C20H25N4O2+. The Labute approximate surface area is 153 Å². The Hall–Kier alpha value is -2.60. The van der Waals surface area contributed by atoms with E-state index in [0.717, 1.165) is 42.6 Å². The van der Waals surface area contributed by atoms with Crippen molar-refractivity contribution in [2.75, 3.05) is 13.2 Å². The van der Waals surface area contributed by atoms with Crippen LogP contribution in [0.25, 0.3) is 5.70 Å². The largest absolute Gasteiger partial charge is 0.396 e. The van der Waals surface area contributed by atoms with Crippen LogP contribution in [0.15, 0.2) is 54.5 Å². The Bertz CT molecular complexity index is 777. The number of aliphatic hydroxyl groups excluding tert-OH is 1. The van der Waals surface area contributed by atoms with Crippen molar-refractivity contribution >= 4 is 11.6 Å². The van der Waals surface area contributed by atoms with E-state index in [1.807, 2.05) is 53.5 Å². The predicted molar refractivity (Wildman–Crippen MR) is 98.1 cm³/mol. The standard InChI is InChI=1S/C20H24N4O2/c25-14-20(8-2-3-9-20)13-22-19(26)18-23-17(15-6-10-21-11-7-15)16-5-1-4-12-24(16)18/h1,4-7,10-12,18,23,25H,2-3,8-9,13-14H2,(H,22,26)/p+1. The average Bonchev–Trinajstić information content (AvgIpc) is 3.32. The predicted octanol–water partition coefficient (Wildman–Crippen LogP) is 1.09. The van der Waals surface area contributed by atoms with Gasteiger partial charge in [0.25, 0.3) is 0 Å². The molecule has 0 aromatic carbocycles. The Kier molecular flexibility index (Phi) is 4.51. The van der Waals surface area contributed by atoms with Crippen molar-refractivity contribution in [2.45, 2.75) is 31.8 Å². The maximum atomic E-state index is 12.9. The summed E-state index contributed by atoms with van der Waals surface area (Å²) in [6.45, 7) is 0.659. The summed E-state index contributed by atoms with van der Waals surface area (Å²) < 4.78 is 1.96. The number of hydrogen-bond donors (Lipinski definition) is 4. The zero-order chi connectivity index (χ0) is 18.0. The molecule has 1 amide bonds. The van der Waals surface area contributed by atoms with Crippen LogP contribution >= 0.6 is 0 Å². The van der Waals surface area contributed by atoms with Crippen molar-refractivity contribution in [2.24, 2.45) is 5.41 Å². The molecule has 0 saturated heterocycles. The summed E-state index contributed by atoms with van der Waals surface area (Å²) in [6, 6.07) is 5.92. The Morgan fingerprint density at radius 2 is 2.04 bits per heavy atom. The van der Waals surface area contributed by atoms with E-state index in [1.165, 1.54) is 0 Å². The van der Waals surface area contributed by atoms with Crippen molar-refractivity contribution in [1.29, 1.82) is 0 Å². The minimum atomic E-state index is -0.484. The van der Waals surface area contributed by atoms with Crippen LogP contribution in [0.5, 0.6) is 0 Å². The zero-order valence-electron chi connectivity index (χ0n) is 14.7. The quantitative estimate of drug-likeness (QED) is 0.611. The number of nitrogens with one attached hydrogen (secondary N) is 3. The van der Waals surface area contributed by atoms with E-state index < -0.39 is 6.17 Å². The highest BCUT2D eigenvalue weighted by molar-refractivity contribution is 5.83. The van der Waals surface area contributed by atoms with E-state index in [2.05, 4.69) is 16.0 Å². The van der Waals surface area contributed by atoms with Gasteiger partial charge in [-0.1, -0.05) is 12.8 Å². The third-order valence-corrected chi connectivity index (χ3v) is 5.60. The summed E-state index contributed by atoms with van der Waals surface area (Å²) in [5.74, 6) is -0.0698. The lowest BCUT2D eigenvalue weighted by Gasteiger charge is -2.26. The second kappa shape index (κ2) is 6.96. The molecule has 136 valence electrons. The molecule has 1 saturated carbocycles. The number of aromatic nitrogens is 1. The highest BCUT2D eigenvalue weighted by atomic mass is 16.3. The first-order valence-corrected chi connectivity index (χ1v) is 9.22. The SMILES string of the molecule is O=C(NCC1(CO)CCCC1)C1NC(=C2C=CNC=C2)c2cccc[n+]21. The fourth-order valence-electron chi connectivity index (χ4n) is 4.04. The fraction of sp³-hybridized carbons (Fsp3) is 0.400. The first kappa shape index (κ1) is 16.8. The van der Waals surface area contributed by atoms with Crippen molar-refractivity contribution < 1.29 is 14.5 Å². The average molecular weight is 353 g/mol. The van der Waals surface area contributed by atoms with Gasteiger partial charge in [-0.3, -0.25) is 4.79 Å². The summed E-state index contributed by atoms with van der Waals surface area (Å²) in [6.07, 6.45) is 13.3. The molecule has 3 aliphatic rings. The molecule has 1 aromatic rings. The molecule has 1 unspecified atom stereocenters. The van der Waals surface area contributed by atoms with Gasteiger partial charge in [0.1, 0.15) is 5.70 Å². The maximum absolute atomic E-state index is 12.9. The third kappa shape index (κ3) is 3.01. The molecule has 4 N–H and O–H groups in total. The number of hydrogen-bond acceptors (Lipinski definition) is 4. The molecule has 6 nitrogen and oxygen atoms in total. The number of dihydropyridines is 1. The molecule has 4 rings (SSSR count). The van der Waals surface area contributed by atoms with Gasteiger partial charge in [-0.2, -0.15) is 4.57 Å². The summed E-state index contributed by atoms with van der Waals surface area (Å²) in [4.78, 5) is 12.9. The first-order chi connectivity index (χ1) is 12.7. The van der Waals surface area contributed by atoms with Crippen molar-refractivity contribution in [3.05, 3.63) is 60.2 Å². The van der Waals surface area contributed by atoms with Gasteiger partial charge in [0.05, 0.1) is 6.61 Å². The van der Waals surface area contributed by atoms with Crippen molar-refractivity contribution in [1.82, 2.24) is 16.0 Å². The van der Waals surface area contributed by atoms with Crippen molar-refractivity contribution in [3.8, 4) is 0 Å². The Morgan fingerprint density at radius 3 is 2.77 bits per heavy atom. The number of rotatable bonds is 4. The van der Waals surface area contributed by atoms with Crippen LogP contribution in [0.3, 0.4) is 0 Å². The van der Waals surface area contributed by atoms with Crippen LogP contribution in [0.1, 0.15) is 37.5 Å². The highest BCUT2D eigenvalue weighted by Crippen LogP contribution is 2.37. The molecule has 1 atom stereocenters. The van der Waals surface area contributed by atoms with Crippen LogP contribution in [-0.4, -0.2) is 24.2 Å². The minimum Gasteiger partial charge on any atom is -0.396 e. The van der Waals surface area contributed by atoms with E-state index in [0.29, 0.717) is 6.54 Å². The Morgan fingerprint density at radius 1 is 1.27 bits per heavy atom. The van der Waals surface area contributed by atoms with Crippen LogP contribution in [0, 0.1) is 5.41 Å². The van der Waals surface area contributed by atoms with Crippen LogP contribution in [-0.2, 0) is 4.79 Å². The first-order valence-electron chi connectivity index (χ1n) is 9.22. The number of pyridine rings is 1. The summed E-state index contributed by atoms with van der Waals surface area (Å²) >= 11 is 0. The lowest BCUT2D eigenvalue weighted by Crippen LogP contribution is -2.52. The van der Waals surface area contributed by atoms with E-state index in [4.69, 9.17) is 0 Å². The third-order valence-electron chi connectivity index (χ3n) is 5.60. The Balaban J connectivity index is 1.56. The van der Waals surface area contributed by atoms with Gasteiger partial charge < -0.3 is 21.1 Å². The molecule has 26 heavy (non-hydrogen) atoms. The van der Waals surface area contributed by atoms with Gasteiger partial charge >= 0.3 is 12.1 Å². The summed E-state index contributed by atoms with van der Waals surface area (Å²) in [7, 11) is 0. The van der Waals surface area contributed by atoms with E-state index in [-0.39, 0.29) is 17.9 Å². The second-order valence-electron chi connectivity index (χ2n) is 7.29. The fourth-order valence-corrected chi connectivity index (χ4v) is 4.04. The van der Waals surface area contributed by atoms with Gasteiger partial charge in [0.2, 0.25) is 5.69 Å². The molecule has 3 heterocycles. The van der Waals surface area contributed by atoms with Gasteiger partial charge in [0.15, 0.2) is 6.20 Å². The molecule has 1 aromatic heterocycles. The molecule has 0 radical (unpaired) electrons. The molecule has 0 bridgehead atoms. The summed E-state index contributed by atoms with van der Waals surface area (Å²) in [5, 5.41) is 19.2. The number of aliphatic hydroxyl groups is 1. The molecular weight excluding hydrogens is 328 g/mol. The number of carbonyl (C=O) groups is 1. The van der Waals surface area contributed by atoms with Gasteiger partial charge in [0, 0.05) is 42.1 Å². The lowest BCUT2D eigenvalue weighted by molar-refractivity contribution is -0.705. The van der Waals surface area contributed by atoms with Crippen LogP contribution < -0.4 is 20.5 Å². The van der Waals surface area contributed by atoms with Gasteiger partial charge in [-0.25, -0.2) is 0 Å². The molecule has 0 spiro atoms. The highest BCUT2D eigenvalue weighted by Gasteiger charge is 2.41. The number of amides is 1. The molecule has 2 aliphatic heterocycles. The van der Waals surface area contributed by atoms with Crippen molar-refractivity contribution in [3.63, 3.8) is 0 Å². The van der Waals surface area contributed by atoms with Crippen LogP contribution in [0.2, 0.25) is 0 Å².